The first-order valence-electron chi connectivity index (χ1n) is 6.50. The van der Waals surface area contributed by atoms with Crippen molar-refractivity contribution in [3.8, 4) is 0 Å². The molecule has 1 saturated heterocycles. The summed E-state index contributed by atoms with van der Waals surface area (Å²) in [5.41, 5.74) is 1.10. The number of carbonyl (C=O) groups is 2. The second-order valence-electron chi connectivity index (χ2n) is 4.86. The van der Waals surface area contributed by atoms with Crippen molar-refractivity contribution in [3.63, 3.8) is 0 Å². The van der Waals surface area contributed by atoms with Crippen molar-refractivity contribution in [2.75, 3.05) is 6.54 Å². The number of nitrogens with zero attached hydrogens (tertiary/aromatic N) is 4. The quantitative estimate of drug-likeness (QED) is 0.875. The van der Waals surface area contributed by atoms with E-state index in [0.29, 0.717) is 24.2 Å². The van der Waals surface area contributed by atoms with Gasteiger partial charge < -0.3 is 10.0 Å². The Morgan fingerprint density at radius 3 is 2.95 bits per heavy atom. The van der Waals surface area contributed by atoms with Crippen LogP contribution in [0.2, 0.25) is 0 Å². The Kier molecular flexibility index (Phi) is 3.09. The van der Waals surface area contributed by atoms with Crippen molar-refractivity contribution in [1.82, 2.24) is 19.5 Å². The molecule has 0 radical (unpaired) electrons. The van der Waals surface area contributed by atoms with Crippen molar-refractivity contribution in [2.24, 2.45) is 0 Å². The highest BCUT2D eigenvalue weighted by atomic mass is 16.4. The molecular formula is C13H14N4O3. The minimum absolute atomic E-state index is 0.257. The molecule has 1 fully saturated rings. The topological polar surface area (TPSA) is 87.8 Å². The molecule has 20 heavy (non-hydrogen) atoms. The van der Waals surface area contributed by atoms with E-state index in [0.717, 1.165) is 12.8 Å². The van der Waals surface area contributed by atoms with Gasteiger partial charge in [-0.25, -0.2) is 4.79 Å². The average molecular weight is 274 g/mol. The summed E-state index contributed by atoms with van der Waals surface area (Å²) in [7, 11) is 0. The van der Waals surface area contributed by atoms with Gasteiger partial charge in [-0.05, 0) is 31.4 Å². The van der Waals surface area contributed by atoms with Gasteiger partial charge >= 0.3 is 5.97 Å². The van der Waals surface area contributed by atoms with E-state index < -0.39 is 12.0 Å². The lowest BCUT2D eigenvalue weighted by Crippen LogP contribution is -2.48. The van der Waals surface area contributed by atoms with Gasteiger partial charge in [0.25, 0.3) is 5.91 Å². The third-order valence-corrected chi connectivity index (χ3v) is 3.59. The van der Waals surface area contributed by atoms with E-state index in [9.17, 15) is 14.7 Å². The van der Waals surface area contributed by atoms with Crippen LogP contribution >= 0.6 is 0 Å². The van der Waals surface area contributed by atoms with Gasteiger partial charge in [-0.1, -0.05) is 0 Å². The second kappa shape index (κ2) is 4.92. The zero-order chi connectivity index (χ0) is 14.1. The van der Waals surface area contributed by atoms with E-state index in [1.807, 2.05) is 0 Å². The van der Waals surface area contributed by atoms with Crippen molar-refractivity contribution in [3.05, 3.63) is 30.2 Å². The highest BCUT2D eigenvalue weighted by molar-refractivity contribution is 5.96. The molecule has 0 aromatic carbocycles. The van der Waals surface area contributed by atoms with E-state index in [-0.39, 0.29) is 5.91 Å². The molecule has 1 aliphatic rings. The van der Waals surface area contributed by atoms with Crippen molar-refractivity contribution in [1.29, 1.82) is 0 Å². The number of rotatable bonds is 2. The Morgan fingerprint density at radius 2 is 2.15 bits per heavy atom. The van der Waals surface area contributed by atoms with Crippen LogP contribution in [0.15, 0.2) is 24.7 Å². The second-order valence-corrected chi connectivity index (χ2v) is 4.86. The molecule has 2 aromatic rings. The maximum absolute atomic E-state index is 12.5. The number of pyridine rings is 1. The molecule has 104 valence electrons. The number of carboxylic acids is 1. The number of aromatic nitrogens is 3. The summed E-state index contributed by atoms with van der Waals surface area (Å²) in [5.74, 6) is -1.20. The zero-order valence-corrected chi connectivity index (χ0v) is 10.8. The standard InChI is InChI=1S/C13H14N4O3/c18-12(17-6-2-1-3-10(17)13(19)20)9-4-5-11-15-14-8-16(11)7-9/h4-5,7-8,10H,1-3,6H2,(H,19,20). The summed E-state index contributed by atoms with van der Waals surface area (Å²) in [6.07, 6.45) is 5.33. The molecule has 7 nitrogen and oxygen atoms in total. The van der Waals surface area contributed by atoms with Gasteiger partial charge in [0.1, 0.15) is 12.4 Å². The van der Waals surface area contributed by atoms with Gasteiger partial charge in [-0.3, -0.25) is 9.20 Å². The lowest BCUT2D eigenvalue weighted by molar-refractivity contribution is -0.143. The fraction of sp³-hybridized carbons (Fsp3) is 0.385. The van der Waals surface area contributed by atoms with Gasteiger partial charge in [0.15, 0.2) is 5.65 Å². The first kappa shape index (κ1) is 12.6. The van der Waals surface area contributed by atoms with Crippen molar-refractivity contribution in [2.45, 2.75) is 25.3 Å². The molecule has 0 saturated carbocycles. The van der Waals surface area contributed by atoms with Gasteiger partial charge in [-0.2, -0.15) is 0 Å². The molecule has 3 rings (SSSR count). The van der Waals surface area contributed by atoms with E-state index in [1.54, 1.807) is 22.7 Å². The molecule has 0 spiro atoms. The van der Waals surface area contributed by atoms with Crippen LogP contribution in [0.3, 0.4) is 0 Å². The lowest BCUT2D eigenvalue weighted by atomic mass is 10.0. The molecule has 1 aliphatic heterocycles. The number of fused-ring (bicyclic) bond motifs is 1. The van der Waals surface area contributed by atoms with Crippen LogP contribution < -0.4 is 0 Å². The number of carboxylic acid groups (broad SMARTS) is 1. The van der Waals surface area contributed by atoms with Crippen LogP contribution in [0.5, 0.6) is 0 Å². The summed E-state index contributed by atoms with van der Waals surface area (Å²) in [6.45, 7) is 0.482. The summed E-state index contributed by atoms with van der Waals surface area (Å²) >= 11 is 0. The smallest absolute Gasteiger partial charge is 0.326 e. The Balaban J connectivity index is 1.91. The zero-order valence-electron chi connectivity index (χ0n) is 10.8. The predicted octanol–water partition coefficient (Wildman–Crippen LogP) is 0.809. The fourth-order valence-corrected chi connectivity index (χ4v) is 2.55. The van der Waals surface area contributed by atoms with Crippen LogP contribution in [0.25, 0.3) is 5.65 Å². The maximum Gasteiger partial charge on any atom is 0.326 e. The number of carbonyl (C=O) groups excluding carboxylic acids is 1. The summed E-state index contributed by atoms with van der Waals surface area (Å²) in [4.78, 5) is 25.2. The van der Waals surface area contributed by atoms with Gasteiger partial charge in [0.05, 0.1) is 5.56 Å². The van der Waals surface area contributed by atoms with E-state index in [1.165, 1.54) is 11.2 Å². The third-order valence-electron chi connectivity index (χ3n) is 3.59. The van der Waals surface area contributed by atoms with Crippen LogP contribution in [0.4, 0.5) is 0 Å². The van der Waals surface area contributed by atoms with Gasteiger partial charge in [0.2, 0.25) is 0 Å². The summed E-state index contributed by atoms with van der Waals surface area (Å²) in [6, 6.07) is 2.62. The van der Waals surface area contributed by atoms with Crippen molar-refractivity contribution < 1.29 is 14.7 Å². The number of aliphatic carboxylic acids is 1. The van der Waals surface area contributed by atoms with E-state index in [4.69, 9.17) is 0 Å². The van der Waals surface area contributed by atoms with E-state index >= 15 is 0 Å². The number of hydrogen-bond acceptors (Lipinski definition) is 4. The number of likely N-dealkylation sites (tertiary alicyclic amines) is 1. The van der Waals surface area contributed by atoms with Crippen LogP contribution in [0.1, 0.15) is 29.6 Å². The first-order chi connectivity index (χ1) is 9.66. The first-order valence-corrected chi connectivity index (χ1v) is 6.50. The normalized spacial score (nSPS) is 19.2. The highest BCUT2D eigenvalue weighted by Crippen LogP contribution is 2.20. The third kappa shape index (κ3) is 2.11. The average Bonchev–Trinajstić information content (AvgIpc) is 2.93. The molecule has 3 heterocycles. The molecular weight excluding hydrogens is 260 g/mol. The van der Waals surface area contributed by atoms with Gasteiger partial charge in [0, 0.05) is 12.7 Å². The van der Waals surface area contributed by atoms with E-state index in [2.05, 4.69) is 10.2 Å². The molecule has 0 aliphatic carbocycles. The number of hydrogen-bond donors (Lipinski definition) is 1. The van der Waals surface area contributed by atoms with Crippen LogP contribution in [0, 0.1) is 0 Å². The molecule has 7 heteroatoms. The Bertz CT molecular complexity index is 666. The molecule has 1 atom stereocenters. The minimum atomic E-state index is -0.941. The molecule has 2 aromatic heterocycles. The van der Waals surface area contributed by atoms with Crippen LogP contribution in [-0.4, -0.2) is 49.1 Å². The molecule has 1 unspecified atom stereocenters. The Hall–Kier alpha value is -2.44. The fourth-order valence-electron chi connectivity index (χ4n) is 2.55. The Morgan fingerprint density at radius 1 is 1.30 bits per heavy atom. The summed E-state index contributed by atoms with van der Waals surface area (Å²) < 4.78 is 1.65. The molecule has 1 N–H and O–H groups in total. The lowest BCUT2D eigenvalue weighted by Gasteiger charge is -2.32. The Labute approximate surface area is 114 Å². The predicted molar refractivity (Wildman–Crippen MR) is 69.3 cm³/mol. The number of amides is 1. The van der Waals surface area contributed by atoms with Crippen molar-refractivity contribution >= 4 is 17.5 Å². The SMILES string of the molecule is O=C(O)C1CCCCN1C(=O)c1ccc2nncn2c1. The van der Waals surface area contributed by atoms with Crippen LogP contribution in [-0.2, 0) is 4.79 Å². The number of piperidine rings is 1. The minimum Gasteiger partial charge on any atom is -0.480 e. The van der Waals surface area contributed by atoms with Gasteiger partial charge in [-0.15, -0.1) is 10.2 Å². The maximum atomic E-state index is 12.5. The monoisotopic (exact) mass is 274 g/mol. The highest BCUT2D eigenvalue weighted by Gasteiger charge is 2.32. The molecule has 1 amide bonds. The largest absolute Gasteiger partial charge is 0.480 e. The molecule has 0 bridgehead atoms. The summed E-state index contributed by atoms with van der Waals surface area (Å²) in [5, 5.41) is 16.8.